The lowest BCUT2D eigenvalue weighted by Gasteiger charge is -2.29. The highest BCUT2D eigenvalue weighted by Gasteiger charge is 2.24. The van der Waals surface area contributed by atoms with Crippen LogP contribution < -0.4 is 4.90 Å². The van der Waals surface area contributed by atoms with Crippen LogP contribution in [0.2, 0.25) is 0 Å². The molecule has 0 unspecified atom stereocenters. The molecule has 2 heteroatoms. The van der Waals surface area contributed by atoms with Crippen molar-refractivity contribution in [2.24, 2.45) is 0 Å². The maximum Gasteiger partial charge on any atom is 0.135 e. The minimum Gasteiger partial charge on any atom is -0.456 e. The first-order valence-electron chi connectivity index (χ1n) is 19.0. The van der Waals surface area contributed by atoms with Gasteiger partial charge in [0.15, 0.2) is 0 Å². The third-order valence-electron chi connectivity index (χ3n) is 10.9. The first-order valence-corrected chi connectivity index (χ1v) is 19.0. The van der Waals surface area contributed by atoms with E-state index in [1.165, 1.54) is 54.9 Å². The Bertz CT molecular complexity index is 2820. The van der Waals surface area contributed by atoms with Gasteiger partial charge in [-0.2, -0.15) is 0 Å². The van der Waals surface area contributed by atoms with Gasteiger partial charge >= 0.3 is 0 Å². The van der Waals surface area contributed by atoms with Gasteiger partial charge in [0.1, 0.15) is 11.2 Å². The molecule has 0 saturated heterocycles. The number of fused-ring (bicyclic) bond motifs is 5. The van der Waals surface area contributed by atoms with Crippen molar-refractivity contribution in [2.75, 3.05) is 4.90 Å². The number of hydrogen-bond acceptors (Lipinski definition) is 2. The van der Waals surface area contributed by atoms with Gasteiger partial charge in [0, 0.05) is 27.7 Å². The summed E-state index contributed by atoms with van der Waals surface area (Å²) in [5.74, 6) is 0. The lowest BCUT2D eigenvalue weighted by atomic mass is 9.78. The number of nitrogens with zero attached hydrogens (tertiary/aromatic N) is 1. The monoisotopic (exact) mass is 699 g/mol. The van der Waals surface area contributed by atoms with Gasteiger partial charge in [0.2, 0.25) is 0 Å². The van der Waals surface area contributed by atoms with Crippen LogP contribution in [0.1, 0.15) is 52.7 Å². The Morgan fingerprint density at radius 3 is 1.74 bits per heavy atom. The van der Waals surface area contributed by atoms with Crippen molar-refractivity contribution >= 4 is 60.5 Å². The van der Waals surface area contributed by atoms with Crippen molar-refractivity contribution in [3.05, 3.63) is 175 Å². The van der Waals surface area contributed by atoms with Crippen molar-refractivity contribution in [3.8, 4) is 22.3 Å². The Labute approximate surface area is 318 Å². The van der Waals surface area contributed by atoms with E-state index in [0.29, 0.717) is 0 Å². The lowest BCUT2D eigenvalue weighted by Crippen LogP contribution is -2.16. The van der Waals surface area contributed by atoms with Gasteiger partial charge in [-0.15, -0.1) is 0 Å². The molecule has 54 heavy (non-hydrogen) atoms. The predicted octanol–water partition coefficient (Wildman–Crippen LogP) is 15.3. The summed E-state index contributed by atoms with van der Waals surface area (Å²) in [6.07, 6.45) is 0. The summed E-state index contributed by atoms with van der Waals surface area (Å²) < 4.78 is 6.29. The van der Waals surface area contributed by atoms with Crippen LogP contribution in [0.25, 0.3) is 65.7 Å². The van der Waals surface area contributed by atoms with Crippen LogP contribution in [0.3, 0.4) is 0 Å². The van der Waals surface area contributed by atoms with Crippen molar-refractivity contribution in [3.63, 3.8) is 0 Å². The molecule has 0 aliphatic rings. The molecule has 9 aromatic rings. The van der Waals surface area contributed by atoms with Crippen LogP contribution in [0.15, 0.2) is 168 Å². The highest BCUT2D eigenvalue weighted by molar-refractivity contribution is 6.10. The maximum absolute atomic E-state index is 6.29. The van der Waals surface area contributed by atoms with E-state index in [2.05, 4.69) is 198 Å². The van der Waals surface area contributed by atoms with E-state index in [-0.39, 0.29) is 10.8 Å². The molecule has 0 amide bonds. The normalized spacial score (nSPS) is 12.3. The second kappa shape index (κ2) is 12.8. The molecule has 0 bridgehead atoms. The summed E-state index contributed by atoms with van der Waals surface area (Å²) in [5.41, 5.74) is 12.7. The SMILES string of the molecule is CC(C)(C)c1cc(-c2cccc3cccc(-c4ccccc4N(c4ccc5ccccc5c4)c4ccc5oc6ccccc6c5c4)c23)cc(C(C)(C)C)c1. The van der Waals surface area contributed by atoms with Crippen molar-refractivity contribution in [1.82, 2.24) is 0 Å². The van der Waals surface area contributed by atoms with Gasteiger partial charge in [-0.25, -0.2) is 0 Å². The number of hydrogen-bond donors (Lipinski definition) is 0. The number of para-hydroxylation sites is 2. The minimum atomic E-state index is 0.0117. The number of benzene rings is 8. The van der Waals surface area contributed by atoms with Crippen LogP contribution in [-0.4, -0.2) is 0 Å². The summed E-state index contributed by atoms with van der Waals surface area (Å²) in [7, 11) is 0. The second-order valence-electron chi connectivity index (χ2n) is 16.7. The Hall–Kier alpha value is -6.12. The quantitative estimate of drug-likeness (QED) is 0.178. The molecule has 0 spiro atoms. The van der Waals surface area contributed by atoms with E-state index in [1.54, 1.807) is 0 Å². The first kappa shape index (κ1) is 33.7. The molecule has 0 saturated carbocycles. The molecule has 0 atom stereocenters. The van der Waals surface area contributed by atoms with Crippen molar-refractivity contribution in [1.29, 1.82) is 0 Å². The number of rotatable bonds is 5. The maximum atomic E-state index is 6.29. The zero-order chi connectivity index (χ0) is 37.2. The summed E-state index contributed by atoms with van der Waals surface area (Å²) in [5, 5.41) is 7.12. The Balaban J connectivity index is 1.31. The highest BCUT2D eigenvalue weighted by atomic mass is 16.3. The number of anilines is 3. The van der Waals surface area contributed by atoms with E-state index in [9.17, 15) is 0 Å². The van der Waals surface area contributed by atoms with E-state index in [0.717, 1.165) is 39.0 Å². The van der Waals surface area contributed by atoms with Gasteiger partial charge in [0.05, 0.1) is 5.69 Å². The average molecular weight is 700 g/mol. The summed E-state index contributed by atoms with van der Waals surface area (Å²) in [4.78, 5) is 2.42. The third kappa shape index (κ3) is 5.93. The van der Waals surface area contributed by atoms with E-state index in [4.69, 9.17) is 4.42 Å². The van der Waals surface area contributed by atoms with E-state index in [1.807, 2.05) is 12.1 Å². The Morgan fingerprint density at radius 1 is 0.407 bits per heavy atom. The van der Waals surface area contributed by atoms with Gasteiger partial charge in [-0.1, -0.05) is 163 Å². The Morgan fingerprint density at radius 2 is 0.981 bits per heavy atom. The van der Waals surface area contributed by atoms with Crippen LogP contribution in [0.4, 0.5) is 17.1 Å². The zero-order valence-electron chi connectivity index (χ0n) is 31.9. The molecule has 9 rings (SSSR count). The lowest BCUT2D eigenvalue weighted by molar-refractivity contribution is 0.569. The van der Waals surface area contributed by atoms with Crippen LogP contribution >= 0.6 is 0 Å². The summed E-state index contributed by atoms with van der Waals surface area (Å²) in [6, 6.07) is 59.9. The molecule has 0 N–H and O–H groups in total. The van der Waals surface area contributed by atoms with Gasteiger partial charge < -0.3 is 9.32 Å². The first-order chi connectivity index (χ1) is 26.0. The summed E-state index contributed by atoms with van der Waals surface area (Å²) in [6.45, 7) is 13.9. The van der Waals surface area contributed by atoms with Gasteiger partial charge in [-0.05, 0) is 103 Å². The largest absolute Gasteiger partial charge is 0.456 e. The predicted molar refractivity (Wildman–Crippen MR) is 232 cm³/mol. The molecule has 1 heterocycles. The molecule has 0 fully saturated rings. The molecular weight excluding hydrogens is 655 g/mol. The Kier molecular flexibility index (Phi) is 7.97. The molecule has 1 aromatic heterocycles. The molecule has 2 nitrogen and oxygen atoms in total. The fourth-order valence-corrected chi connectivity index (χ4v) is 7.95. The zero-order valence-corrected chi connectivity index (χ0v) is 31.9. The fraction of sp³-hybridized carbons (Fsp3) is 0.154. The van der Waals surface area contributed by atoms with Crippen LogP contribution in [0.5, 0.6) is 0 Å². The average Bonchev–Trinajstić information content (AvgIpc) is 3.55. The standard InChI is InChI=1S/C52H45NO/c1-51(2,3)38-29-37(30-39(32-38)52(4,5)6)42-21-13-17-35-18-14-22-45(50(35)42)43-19-9-11-23-47(43)53(40-26-25-34-15-7-8-16-36(34)31-40)41-27-28-49-46(33-41)44-20-10-12-24-48(44)54-49/h7-33H,1-6H3. The second-order valence-corrected chi connectivity index (χ2v) is 16.7. The van der Waals surface area contributed by atoms with Gasteiger partial charge in [0.25, 0.3) is 0 Å². The number of furan rings is 1. The molecule has 8 aromatic carbocycles. The van der Waals surface area contributed by atoms with Crippen molar-refractivity contribution in [2.45, 2.75) is 52.4 Å². The smallest absolute Gasteiger partial charge is 0.135 e. The molecular formula is C52H45NO. The molecule has 0 aliphatic heterocycles. The topological polar surface area (TPSA) is 16.4 Å². The fourth-order valence-electron chi connectivity index (χ4n) is 7.95. The van der Waals surface area contributed by atoms with Crippen molar-refractivity contribution < 1.29 is 4.42 Å². The molecule has 0 aliphatic carbocycles. The van der Waals surface area contributed by atoms with Gasteiger partial charge in [-0.3, -0.25) is 0 Å². The molecule has 0 radical (unpaired) electrons. The highest BCUT2D eigenvalue weighted by Crippen LogP contribution is 2.47. The van der Waals surface area contributed by atoms with E-state index >= 15 is 0 Å². The molecule has 264 valence electrons. The third-order valence-corrected chi connectivity index (χ3v) is 10.9. The summed E-state index contributed by atoms with van der Waals surface area (Å²) >= 11 is 0. The van der Waals surface area contributed by atoms with E-state index < -0.39 is 0 Å². The minimum absolute atomic E-state index is 0.0117. The van der Waals surface area contributed by atoms with Crippen LogP contribution in [0, 0.1) is 0 Å². The van der Waals surface area contributed by atoms with Crippen LogP contribution in [-0.2, 0) is 10.8 Å².